The van der Waals surface area contributed by atoms with Crippen LogP contribution in [0.15, 0.2) is 16.8 Å². The van der Waals surface area contributed by atoms with E-state index in [1.807, 2.05) is 6.21 Å². The average Bonchev–Trinajstić information content (AvgIpc) is 2.05. The molecule has 10 heavy (non-hydrogen) atoms. The van der Waals surface area contributed by atoms with Gasteiger partial charge in [-0.05, 0) is 30.9 Å². The summed E-state index contributed by atoms with van der Waals surface area (Å²) in [6.45, 7) is 0. The van der Waals surface area contributed by atoms with E-state index in [0.717, 1.165) is 0 Å². The Hall–Kier alpha value is -0.790. The molecule has 0 spiro atoms. The molecule has 1 aliphatic heterocycles. The molecule has 1 heterocycles. The van der Waals surface area contributed by atoms with Gasteiger partial charge >= 0.3 is 0 Å². The second-order valence-electron chi connectivity index (χ2n) is 2.95. The van der Waals surface area contributed by atoms with Gasteiger partial charge in [-0.15, -0.1) is 0 Å². The van der Waals surface area contributed by atoms with E-state index in [1.54, 1.807) is 5.57 Å². The van der Waals surface area contributed by atoms with E-state index >= 15 is 0 Å². The molecule has 0 amide bonds. The highest BCUT2D eigenvalue weighted by molar-refractivity contribution is 5.73. The molecule has 1 saturated carbocycles. The highest BCUT2D eigenvalue weighted by Crippen LogP contribution is 2.24. The zero-order valence-corrected chi connectivity index (χ0v) is 6.01. The van der Waals surface area contributed by atoms with Gasteiger partial charge in [0, 0.05) is 6.21 Å². The third kappa shape index (κ3) is 0.939. The Balaban J connectivity index is 2.14. The molecule has 1 aliphatic carbocycles. The standard InChI is InChI=1S/C8H12N2/c1-2-4-8-7(3-1)5-6-9-10-8/h5-6,8,10H,1-4H2. The summed E-state index contributed by atoms with van der Waals surface area (Å²) >= 11 is 0. The first kappa shape index (κ1) is 5.96. The molecule has 0 aromatic heterocycles. The number of nitrogens with one attached hydrogen (secondary N) is 1. The molecule has 0 bridgehead atoms. The molecule has 0 aromatic carbocycles. The Bertz CT molecular complexity index is 182. The summed E-state index contributed by atoms with van der Waals surface area (Å²) in [6, 6.07) is 0.568. The van der Waals surface area contributed by atoms with Gasteiger partial charge in [-0.3, -0.25) is 0 Å². The van der Waals surface area contributed by atoms with Crippen LogP contribution in [-0.2, 0) is 0 Å². The van der Waals surface area contributed by atoms with Crippen LogP contribution in [0.5, 0.6) is 0 Å². The van der Waals surface area contributed by atoms with Crippen molar-refractivity contribution >= 4 is 6.21 Å². The minimum atomic E-state index is 0.568. The van der Waals surface area contributed by atoms with Crippen molar-refractivity contribution in [3.05, 3.63) is 11.6 Å². The number of allylic oxidation sites excluding steroid dienone is 1. The van der Waals surface area contributed by atoms with Crippen LogP contribution < -0.4 is 5.43 Å². The maximum atomic E-state index is 4.01. The average molecular weight is 136 g/mol. The predicted octanol–water partition coefficient (Wildman–Crippen LogP) is 1.44. The smallest absolute Gasteiger partial charge is 0.0653 e. The Labute approximate surface area is 61.0 Å². The number of hydrazone groups is 1. The molecular formula is C8H12N2. The third-order valence-electron chi connectivity index (χ3n) is 2.25. The van der Waals surface area contributed by atoms with Gasteiger partial charge in [0.15, 0.2) is 0 Å². The number of hydrogen-bond donors (Lipinski definition) is 1. The molecule has 2 rings (SSSR count). The van der Waals surface area contributed by atoms with E-state index in [2.05, 4.69) is 16.6 Å². The van der Waals surface area contributed by atoms with E-state index in [-0.39, 0.29) is 0 Å². The lowest BCUT2D eigenvalue weighted by atomic mass is 9.90. The van der Waals surface area contributed by atoms with Crippen molar-refractivity contribution in [1.82, 2.24) is 5.43 Å². The van der Waals surface area contributed by atoms with Gasteiger partial charge in [0.2, 0.25) is 0 Å². The summed E-state index contributed by atoms with van der Waals surface area (Å²) < 4.78 is 0. The summed E-state index contributed by atoms with van der Waals surface area (Å²) in [5.41, 5.74) is 4.66. The molecule has 0 aromatic rings. The molecule has 1 unspecified atom stereocenters. The molecule has 54 valence electrons. The van der Waals surface area contributed by atoms with Crippen molar-refractivity contribution in [2.75, 3.05) is 0 Å². The fourth-order valence-electron chi connectivity index (χ4n) is 1.65. The van der Waals surface area contributed by atoms with Crippen molar-refractivity contribution in [3.63, 3.8) is 0 Å². The fourth-order valence-corrected chi connectivity index (χ4v) is 1.65. The second-order valence-corrected chi connectivity index (χ2v) is 2.95. The first-order chi connectivity index (χ1) is 4.97. The number of fused-ring (bicyclic) bond motifs is 1. The quantitative estimate of drug-likeness (QED) is 0.535. The van der Waals surface area contributed by atoms with E-state index in [1.165, 1.54) is 25.7 Å². The molecule has 1 N–H and O–H groups in total. The lowest BCUT2D eigenvalue weighted by Gasteiger charge is -2.26. The van der Waals surface area contributed by atoms with Gasteiger partial charge in [-0.2, -0.15) is 5.10 Å². The van der Waals surface area contributed by atoms with Gasteiger partial charge in [-0.25, -0.2) is 0 Å². The van der Waals surface area contributed by atoms with E-state index in [4.69, 9.17) is 0 Å². The molecule has 2 heteroatoms. The summed E-state index contributed by atoms with van der Waals surface area (Å²) in [5.74, 6) is 0. The highest BCUT2D eigenvalue weighted by atomic mass is 15.3. The normalized spacial score (nSPS) is 30.4. The van der Waals surface area contributed by atoms with Crippen LogP contribution in [0.25, 0.3) is 0 Å². The monoisotopic (exact) mass is 136 g/mol. The van der Waals surface area contributed by atoms with Crippen LogP contribution >= 0.6 is 0 Å². The van der Waals surface area contributed by atoms with E-state index in [0.29, 0.717) is 6.04 Å². The fraction of sp³-hybridized carbons (Fsp3) is 0.625. The van der Waals surface area contributed by atoms with Gasteiger partial charge in [0.1, 0.15) is 0 Å². The van der Waals surface area contributed by atoms with Crippen molar-refractivity contribution < 1.29 is 0 Å². The summed E-state index contributed by atoms with van der Waals surface area (Å²) in [7, 11) is 0. The lowest BCUT2D eigenvalue weighted by Crippen LogP contribution is -2.31. The van der Waals surface area contributed by atoms with Crippen LogP contribution in [0, 0.1) is 0 Å². The SMILES string of the molecule is C1=NNC2CCCCC2=C1. The zero-order valence-electron chi connectivity index (χ0n) is 6.01. The summed E-state index contributed by atoms with van der Waals surface area (Å²) in [4.78, 5) is 0. The Morgan fingerprint density at radius 2 is 2.50 bits per heavy atom. The Morgan fingerprint density at radius 1 is 1.50 bits per heavy atom. The van der Waals surface area contributed by atoms with Crippen molar-refractivity contribution in [2.24, 2.45) is 5.10 Å². The third-order valence-corrected chi connectivity index (χ3v) is 2.25. The predicted molar refractivity (Wildman–Crippen MR) is 42.0 cm³/mol. The van der Waals surface area contributed by atoms with Crippen molar-refractivity contribution in [2.45, 2.75) is 31.7 Å². The van der Waals surface area contributed by atoms with Crippen LogP contribution in [0.4, 0.5) is 0 Å². The van der Waals surface area contributed by atoms with E-state index in [9.17, 15) is 0 Å². The highest BCUT2D eigenvalue weighted by Gasteiger charge is 2.18. The van der Waals surface area contributed by atoms with Crippen LogP contribution in [-0.4, -0.2) is 12.3 Å². The zero-order chi connectivity index (χ0) is 6.81. The maximum absolute atomic E-state index is 4.01. The van der Waals surface area contributed by atoms with Gasteiger partial charge in [0.05, 0.1) is 6.04 Å². The number of rotatable bonds is 0. The molecular weight excluding hydrogens is 124 g/mol. The van der Waals surface area contributed by atoms with Gasteiger partial charge in [0.25, 0.3) is 0 Å². The molecule has 0 saturated heterocycles. The molecule has 0 radical (unpaired) electrons. The lowest BCUT2D eigenvalue weighted by molar-refractivity contribution is 0.461. The molecule has 1 atom stereocenters. The Kier molecular flexibility index (Phi) is 1.46. The maximum Gasteiger partial charge on any atom is 0.0653 e. The second kappa shape index (κ2) is 2.45. The van der Waals surface area contributed by atoms with Crippen LogP contribution in [0.2, 0.25) is 0 Å². The summed E-state index contributed by atoms with van der Waals surface area (Å²) in [6.07, 6.45) is 9.26. The molecule has 2 nitrogen and oxygen atoms in total. The van der Waals surface area contributed by atoms with Gasteiger partial charge in [-0.1, -0.05) is 6.42 Å². The first-order valence-corrected chi connectivity index (χ1v) is 3.94. The van der Waals surface area contributed by atoms with Crippen molar-refractivity contribution in [3.8, 4) is 0 Å². The minimum Gasteiger partial charge on any atom is -0.303 e. The molecule has 1 fully saturated rings. The largest absolute Gasteiger partial charge is 0.303 e. The summed E-state index contributed by atoms with van der Waals surface area (Å²) in [5, 5.41) is 4.01. The van der Waals surface area contributed by atoms with Crippen LogP contribution in [0.1, 0.15) is 25.7 Å². The first-order valence-electron chi connectivity index (χ1n) is 3.94. The topological polar surface area (TPSA) is 24.4 Å². The Morgan fingerprint density at radius 3 is 3.40 bits per heavy atom. The molecule has 2 aliphatic rings. The van der Waals surface area contributed by atoms with Gasteiger partial charge < -0.3 is 5.43 Å². The van der Waals surface area contributed by atoms with E-state index < -0.39 is 0 Å². The minimum absolute atomic E-state index is 0.568. The van der Waals surface area contributed by atoms with Crippen LogP contribution in [0.3, 0.4) is 0 Å². The number of hydrogen-bond acceptors (Lipinski definition) is 2. The number of nitrogens with zero attached hydrogens (tertiary/aromatic N) is 1. The van der Waals surface area contributed by atoms with Crippen molar-refractivity contribution in [1.29, 1.82) is 0 Å².